The molecule has 0 unspecified atom stereocenters. The zero-order valence-electron chi connectivity index (χ0n) is 53.8. The van der Waals surface area contributed by atoms with Crippen LogP contribution in [0.15, 0.2) is 48.5 Å². The quantitative estimate of drug-likeness (QED) is 0.0240. The number of aromatic nitrogens is 2. The first-order valence-electron chi connectivity index (χ1n) is 32.4. The lowest BCUT2D eigenvalue weighted by Crippen LogP contribution is -2.15. The molecule has 2 aromatic heterocycles. The molecule has 492 valence electrons. The number of hydrogen-bond donors (Lipinski definition) is 2. The minimum atomic E-state index is -0.381. The number of unbranched alkanes of at least 4 members (excludes halogenated alkanes) is 15. The van der Waals surface area contributed by atoms with E-state index in [4.69, 9.17) is 71.1 Å². The smallest absolute Gasteiger partial charge is 0.203 e. The number of methoxy groups -OCH3 is 3. The summed E-state index contributed by atoms with van der Waals surface area (Å²) in [6, 6.07) is 14.6. The summed E-state index contributed by atoms with van der Waals surface area (Å²) in [5, 5.41) is 0. The summed E-state index contributed by atoms with van der Waals surface area (Å²) in [6.45, 7) is 14.9. The topological polar surface area (TPSA) is 204 Å². The first-order valence-corrected chi connectivity index (χ1v) is 32.4. The molecule has 0 saturated heterocycles. The number of aromatic amines is 2. The minimum absolute atomic E-state index is 0.177. The predicted octanol–water partition coefficient (Wildman–Crippen LogP) is 13.5. The Labute approximate surface area is 520 Å². The van der Waals surface area contributed by atoms with Crippen LogP contribution in [0, 0.1) is 0 Å². The number of carbonyl (C=O) groups is 2. The lowest BCUT2D eigenvalue weighted by Gasteiger charge is -2.19. The normalized spacial score (nSPS) is 11.4. The summed E-state index contributed by atoms with van der Waals surface area (Å²) in [5.74, 6) is 2.24. The largest absolute Gasteiger partial charge is 0.490 e. The molecule has 0 aliphatic rings. The Morgan fingerprint density at radius 3 is 0.908 bits per heavy atom. The number of benzene rings is 2. The Morgan fingerprint density at radius 1 is 0.310 bits per heavy atom. The van der Waals surface area contributed by atoms with Gasteiger partial charge in [0.1, 0.15) is 19.8 Å². The summed E-state index contributed by atoms with van der Waals surface area (Å²) in [7, 11) is 4.88. The second-order valence-corrected chi connectivity index (χ2v) is 21.2. The van der Waals surface area contributed by atoms with Crippen LogP contribution in [0.2, 0.25) is 0 Å². The van der Waals surface area contributed by atoms with E-state index < -0.39 is 0 Å². The predicted molar refractivity (Wildman–Crippen MR) is 339 cm³/mol. The molecule has 0 atom stereocenters. The fourth-order valence-corrected chi connectivity index (χ4v) is 9.17. The van der Waals surface area contributed by atoms with Gasteiger partial charge in [-0.25, -0.2) is 0 Å². The molecule has 0 bridgehead atoms. The van der Waals surface area contributed by atoms with E-state index in [0.29, 0.717) is 156 Å². The van der Waals surface area contributed by atoms with Gasteiger partial charge in [0.25, 0.3) is 0 Å². The molecule has 87 heavy (non-hydrogen) atoms. The molecular weight excluding hydrogens is 1120 g/mol. The molecule has 2 N–H and O–H groups in total. The first-order chi connectivity index (χ1) is 42.9. The molecule has 0 aliphatic carbocycles. The van der Waals surface area contributed by atoms with Gasteiger partial charge in [0, 0.05) is 43.8 Å². The molecule has 19 nitrogen and oxygen atoms in total. The number of ether oxygens (including phenoxy) is 15. The molecule has 4 rings (SSSR count). The highest BCUT2D eigenvalue weighted by Crippen LogP contribution is 2.44. The van der Waals surface area contributed by atoms with Gasteiger partial charge in [0.2, 0.25) is 11.5 Å². The van der Waals surface area contributed by atoms with Gasteiger partial charge in [-0.2, -0.15) is 0 Å². The maximum atomic E-state index is 14.0. The standard InChI is InChI=1S/C68H108N2O17/c1-7-10-13-16-19-22-29-82-63-50-55(51-64(83-30-23-20-17-14-11-8-2)67(63)86-31-24-21-18-15-12-9-3)57-25-27-59(69-57)61(71)54-62(72)60-28-26-58(70-60)56-52-65(84-47-44-79-41-38-76-35-32-73-4)68(87-49-46-81-43-40-78-37-34-75-6)66(53-56)85-48-45-80-42-39-77-36-33-74-5/h25-28,50-53,69-70H,7-24,29-49,54H2,1-6H3. The molecule has 0 spiro atoms. The zero-order chi connectivity index (χ0) is 62.0. The Bertz CT molecular complexity index is 2270. The van der Waals surface area contributed by atoms with Crippen molar-refractivity contribution in [2.24, 2.45) is 0 Å². The highest BCUT2D eigenvalue weighted by Gasteiger charge is 2.23. The van der Waals surface area contributed by atoms with Crippen LogP contribution in [0.25, 0.3) is 22.5 Å². The molecule has 0 aliphatic heterocycles. The van der Waals surface area contributed by atoms with Crippen LogP contribution < -0.4 is 28.4 Å². The van der Waals surface area contributed by atoms with Crippen molar-refractivity contribution in [2.45, 2.75) is 143 Å². The van der Waals surface area contributed by atoms with Crippen molar-refractivity contribution in [1.29, 1.82) is 0 Å². The number of Topliss-reactive ketones (excluding diaryl/α,β-unsaturated/α-hetero) is 2. The van der Waals surface area contributed by atoms with Crippen LogP contribution in [0.1, 0.15) is 164 Å². The summed E-state index contributed by atoms with van der Waals surface area (Å²) in [6.07, 6.45) is 20.3. The van der Waals surface area contributed by atoms with Crippen LogP contribution in [0.4, 0.5) is 0 Å². The van der Waals surface area contributed by atoms with Crippen molar-refractivity contribution >= 4 is 11.6 Å². The summed E-state index contributed by atoms with van der Waals surface area (Å²) in [5.41, 5.74) is 3.28. The number of hydrogen-bond acceptors (Lipinski definition) is 17. The lowest BCUT2D eigenvalue weighted by molar-refractivity contribution is 0.0146. The van der Waals surface area contributed by atoms with Crippen molar-refractivity contribution < 1.29 is 80.6 Å². The third-order valence-electron chi connectivity index (χ3n) is 14.1. The van der Waals surface area contributed by atoms with Crippen LogP contribution in [0.5, 0.6) is 34.5 Å². The van der Waals surface area contributed by atoms with Crippen LogP contribution in [-0.4, -0.2) is 182 Å². The molecule has 0 radical (unpaired) electrons. The molecular formula is C68H108N2O17. The SMILES string of the molecule is CCCCCCCCOc1cc(-c2ccc(C(=O)CC(=O)c3ccc(-c4cc(OCCOCCOCCOC)c(OCCOCCOCCOC)c(OCCOCCOCCOC)c4)[nH]3)[nH]2)cc(OCCCCCCCC)c1OCCCCCCCC. The molecule has 19 heteroatoms. The molecule has 2 heterocycles. The van der Waals surface area contributed by atoms with E-state index >= 15 is 0 Å². The van der Waals surface area contributed by atoms with Crippen molar-refractivity contribution in [2.75, 3.05) is 160 Å². The average molecular weight is 1230 g/mol. The number of rotatable bonds is 60. The maximum Gasteiger partial charge on any atom is 0.203 e. The zero-order valence-corrected chi connectivity index (χ0v) is 53.8. The van der Waals surface area contributed by atoms with Crippen molar-refractivity contribution in [3.05, 3.63) is 59.9 Å². The van der Waals surface area contributed by atoms with E-state index in [0.717, 1.165) is 44.1 Å². The van der Waals surface area contributed by atoms with Gasteiger partial charge in [-0.1, -0.05) is 117 Å². The minimum Gasteiger partial charge on any atom is -0.490 e. The second kappa shape index (κ2) is 49.6. The van der Waals surface area contributed by atoms with Crippen LogP contribution in [-0.2, 0) is 42.6 Å². The fraction of sp³-hybridized carbons (Fsp3) is 0.676. The maximum absolute atomic E-state index is 14.0. The van der Waals surface area contributed by atoms with Gasteiger partial charge in [-0.3, -0.25) is 9.59 Å². The fourth-order valence-electron chi connectivity index (χ4n) is 9.17. The van der Waals surface area contributed by atoms with Crippen molar-refractivity contribution in [3.8, 4) is 57.0 Å². The molecule has 0 saturated carbocycles. The Hall–Kier alpha value is -5.22. The Morgan fingerprint density at radius 2 is 0.575 bits per heavy atom. The van der Waals surface area contributed by atoms with Crippen molar-refractivity contribution in [3.63, 3.8) is 0 Å². The van der Waals surface area contributed by atoms with Gasteiger partial charge in [0.05, 0.1) is 137 Å². The van der Waals surface area contributed by atoms with E-state index in [-0.39, 0.29) is 63.3 Å². The number of nitrogens with one attached hydrogen (secondary N) is 2. The number of H-pyrrole nitrogens is 2. The molecule has 4 aromatic rings. The van der Waals surface area contributed by atoms with E-state index in [1.54, 1.807) is 39.5 Å². The van der Waals surface area contributed by atoms with Crippen LogP contribution in [0.3, 0.4) is 0 Å². The van der Waals surface area contributed by atoms with E-state index in [1.807, 2.05) is 30.3 Å². The van der Waals surface area contributed by atoms with Gasteiger partial charge >= 0.3 is 0 Å². The van der Waals surface area contributed by atoms with E-state index in [1.165, 1.54) is 77.0 Å². The molecule has 0 amide bonds. The number of carbonyl (C=O) groups excluding carboxylic acids is 2. The Balaban J connectivity index is 1.57. The van der Waals surface area contributed by atoms with E-state index in [9.17, 15) is 9.59 Å². The number of ketones is 2. The van der Waals surface area contributed by atoms with Gasteiger partial charge in [-0.15, -0.1) is 0 Å². The summed E-state index contributed by atoms with van der Waals surface area (Å²) in [4.78, 5) is 34.7. The highest BCUT2D eigenvalue weighted by molar-refractivity contribution is 6.12. The third kappa shape index (κ3) is 32.2. The molecule has 0 fully saturated rings. The van der Waals surface area contributed by atoms with Gasteiger partial charge in [0.15, 0.2) is 34.6 Å². The summed E-state index contributed by atoms with van der Waals surface area (Å²) >= 11 is 0. The van der Waals surface area contributed by atoms with E-state index in [2.05, 4.69) is 30.7 Å². The first kappa shape index (κ1) is 74.2. The highest BCUT2D eigenvalue weighted by atomic mass is 16.6. The monoisotopic (exact) mass is 1220 g/mol. The average Bonchev–Trinajstić information content (AvgIpc) is 2.41. The van der Waals surface area contributed by atoms with Gasteiger partial charge < -0.3 is 81.0 Å². The van der Waals surface area contributed by atoms with Crippen molar-refractivity contribution in [1.82, 2.24) is 9.97 Å². The second-order valence-electron chi connectivity index (χ2n) is 21.2. The van der Waals surface area contributed by atoms with Gasteiger partial charge in [-0.05, 0) is 67.8 Å². The Kier molecular flexibility index (Phi) is 42.4. The van der Waals surface area contributed by atoms with Crippen LogP contribution >= 0.6 is 0 Å². The summed E-state index contributed by atoms with van der Waals surface area (Å²) < 4.78 is 87.9. The molecule has 2 aromatic carbocycles. The lowest BCUT2D eigenvalue weighted by atomic mass is 10.1. The third-order valence-corrected chi connectivity index (χ3v) is 14.1.